The first kappa shape index (κ1) is 17.8. The van der Waals surface area contributed by atoms with Gasteiger partial charge in [0.1, 0.15) is 11.6 Å². The lowest BCUT2D eigenvalue weighted by Gasteiger charge is -2.22. The molecule has 142 valence electrons. The van der Waals surface area contributed by atoms with Gasteiger partial charge < -0.3 is 10.1 Å². The molecule has 1 amide bonds. The smallest absolute Gasteiger partial charge is 0.226 e. The van der Waals surface area contributed by atoms with E-state index in [1.165, 1.54) is 11.3 Å². The van der Waals surface area contributed by atoms with Crippen LogP contribution in [0.4, 0.5) is 5.82 Å². The van der Waals surface area contributed by atoms with Crippen LogP contribution in [0.15, 0.2) is 34.1 Å². The number of fused-ring (bicyclic) bond motifs is 2. The largest absolute Gasteiger partial charge is 0.497 e. The third-order valence-corrected chi connectivity index (χ3v) is 7.54. The molecular weight excluding hydrogens is 460 g/mol. The lowest BCUT2D eigenvalue weighted by molar-refractivity contribution is -0.116. The van der Waals surface area contributed by atoms with Gasteiger partial charge in [0.05, 0.1) is 26.8 Å². The molecule has 1 aliphatic heterocycles. The summed E-state index contributed by atoms with van der Waals surface area (Å²) in [5, 5.41) is 8.47. The predicted molar refractivity (Wildman–Crippen MR) is 115 cm³/mol. The Bertz CT molecular complexity index is 1230. The van der Waals surface area contributed by atoms with Crippen LogP contribution in [-0.4, -0.2) is 27.8 Å². The summed E-state index contributed by atoms with van der Waals surface area (Å²) >= 11 is 6.70. The Kier molecular flexibility index (Phi) is 4.26. The molecule has 0 aliphatic carbocycles. The molecule has 0 unspecified atom stereocenters. The standard InChI is InChI=1S/C19H15BrN4O2S2/c1-9-17-11(13-5-6-15(20)27-13)8-16(25)22-18(17)24(23-9)19-21-12-4-3-10(26-2)7-14(12)28-19/h3-7,11H,8H2,1-2H3,(H,22,25)/t11-/m0/s1. The quantitative estimate of drug-likeness (QED) is 0.448. The van der Waals surface area contributed by atoms with Crippen LogP contribution in [0.3, 0.4) is 0 Å². The summed E-state index contributed by atoms with van der Waals surface area (Å²) in [6, 6.07) is 9.88. The number of benzene rings is 1. The number of hydrogen-bond donors (Lipinski definition) is 1. The molecule has 28 heavy (non-hydrogen) atoms. The monoisotopic (exact) mass is 474 g/mol. The highest BCUT2D eigenvalue weighted by molar-refractivity contribution is 9.11. The minimum Gasteiger partial charge on any atom is -0.497 e. The van der Waals surface area contributed by atoms with E-state index in [9.17, 15) is 4.79 Å². The number of thiazole rings is 1. The second-order valence-corrected chi connectivity index (χ2v) is 10.0. The van der Waals surface area contributed by atoms with Crippen molar-refractivity contribution in [3.05, 3.63) is 50.3 Å². The first-order valence-corrected chi connectivity index (χ1v) is 11.1. The number of carbonyl (C=O) groups excluding carboxylic acids is 1. The summed E-state index contributed by atoms with van der Waals surface area (Å²) < 4.78 is 9.13. The van der Waals surface area contributed by atoms with Gasteiger partial charge >= 0.3 is 0 Å². The van der Waals surface area contributed by atoms with Crippen molar-refractivity contribution in [2.45, 2.75) is 19.3 Å². The number of methoxy groups -OCH3 is 1. The zero-order valence-corrected chi connectivity index (χ0v) is 18.2. The number of thiophene rings is 1. The number of halogens is 1. The van der Waals surface area contributed by atoms with Crippen molar-refractivity contribution >= 4 is 60.5 Å². The van der Waals surface area contributed by atoms with Crippen LogP contribution in [0.2, 0.25) is 0 Å². The fourth-order valence-corrected chi connectivity index (χ4v) is 6.04. The minimum atomic E-state index is -0.00838. The Labute approximate surface area is 177 Å². The maximum atomic E-state index is 12.5. The molecule has 6 nitrogen and oxygen atoms in total. The maximum absolute atomic E-state index is 12.5. The molecule has 9 heteroatoms. The van der Waals surface area contributed by atoms with Crippen LogP contribution in [0.25, 0.3) is 15.3 Å². The third-order valence-electron chi connectivity index (χ3n) is 4.81. The molecule has 5 rings (SSSR count). The van der Waals surface area contributed by atoms with Crippen LogP contribution in [0.5, 0.6) is 5.75 Å². The number of amides is 1. The summed E-state index contributed by atoms with van der Waals surface area (Å²) in [5.74, 6) is 1.50. The number of anilines is 1. The Hall–Kier alpha value is -2.23. The van der Waals surface area contributed by atoms with Gasteiger partial charge in [-0.05, 0) is 53.2 Å². The van der Waals surface area contributed by atoms with E-state index >= 15 is 0 Å². The van der Waals surface area contributed by atoms with E-state index < -0.39 is 0 Å². The third kappa shape index (κ3) is 2.85. The molecule has 0 spiro atoms. The van der Waals surface area contributed by atoms with Gasteiger partial charge in [0, 0.05) is 22.8 Å². The number of aromatic nitrogens is 3. The summed E-state index contributed by atoms with van der Waals surface area (Å²) in [6.45, 7) is 1.98. The Morgan fingerprint density at radius 3 is 2.89 bits per heavy atom. The molecule has 3 aromatic heterocycles. The van der Waals surface area contributed by atoms with Gasteiger partial charge in [-0.1, -0.05) is 11.3 Å². The van der Waals surface area contributed by atoms with Crippen molar-refractivity contribution in [2.75, 3.05) is 12.4 Å². The number of nitrogens with zero attached hydrogens (tertiary/aromatic N) is 3. The fraction of sp³-hybridized carbons (Fsp3) is 0.211. The summed E-state index contributed by atoms with van der Waals surface area (Å²) in [4.78, 5) is 18.3. The van der Waals surface area contributed by atoms with Crippen LogP contribution in [0, 0.1) is 6.92 Å². The van der Waals surface area contributed by atoms with Crippen LogP contribution < -0.4 is 10.1 Å². The topological polar surface area (TPSA) is 69.0 Å². The molecule has 0 radical (unpaired) electrons. The molecule has 1 aromatic carbocycles. The molecule has 0 bridgehead atoms. The van der Waals surface area contributed by atoms with E-state index in [-0.39, 0.29) is 11.8 Å². The highest BCUT2D eigenvalue weighted by Gasteiger charge is 2.34. The van der Waals surface area contributed by atoms with Crippen LogP contribution in [-0.2, 0) is 4.79 Å². The van der Waals surface area contributed by atoms with Gasteiger partial charge in [-0.15, -0.1) is 11.3 Å². The van der Waals surface area contributed by atoms with E-state index in [2.05, 4.69) is 27.3 Å². The maximum Gasteiger partial charge on any atom is 0.226 e. The average molecular weight is 475 g/mol. The second kappa shape index (κ2) is 6.68. The average Bonchev–Trinajstić information content (AvgIpc) is 3.37. The normalized spacial score (nSPS) is 16.2. The highest BCUT2D eigenvalue weighted by Crippen LogP contribution is 2.43. The predicted octanol–water partition coefficient (Wildman–Crippen LogP) is 5.10. The van der Waals surface area contributed by atoms with Crippen molar-refractivity contribution in [2.24, 2.45) is 0 Å². The number of ether oxygens (including phenoxy) is 1. The molecule has 0 saturated carbocycles. The van der Waals surface area contributed by atoms with Crippen molar-refractivity contribution in [1.29, 1.82) is 0 Å². The summed E-state index contributed by atoms with van der Waals surface area (Å²) in [7, 11) is 1.65. The van der Waals surface area contributed by atoms with Crippen molar-refractivity contribution in [3.8, 4) is 10.9 Å². The second-order valence-electron chi connectivity index (χ2n) is 6.54. The first-order valence-electron chi connectivity index (χ1n) is 8.63. The number of nitrogens with one attached hydrogen (secondary N) is 1. The number of aryl methyl sites for hydroxylation is 1. The Balaban J connectivity index is 1.66. The molecule has 1 aliphatic rings. The van der Waals surface area contributed by atoms with Crippen molar-refractivity contribution in [3.63, 3.8) is 0 Å². The fourth-order valence-electron chi connectivity index (χ4n) is 3.55. The van der Waals surface area contributed by atoms with Crippen LogP contribution >= 0.6 is 38.6 Å². The molecule has 1 atom stereocenters. The molecule has 1 N–H and O–H groups in total. The Morgan fingerprint density at radius 2 is 2.14 bits per heavy atom. The SMILES string of the molecule is COc1ccc2nc(-n3nc(C)c4c3NC(=O)C[C@H]4c3ccc(Br)s3)sc2c1. The van der Waals surface area contributed by atoms with E-state index in [4.69, 9.17) is 14.8 Å². The molecule has 4 aromatic rings. The van der Waals surface area contributed by atoms with E-state index in [1.54, 1.807) is 23.1 Å². The van der Waals surface area contributed by atoms with E-state index in [0.717, 1.165) is 41.0 Å². The van der Waals surface area contributed by atoms with E-state index in [1.807, 2.05) is 31.2 Å². The summed E-state index contributed by atoms with van der Waals surface area (Å²) in [6.07, 6.45) is 0.420. The first-order chi connectivity index (χ1) is 13.5. The lowest BCUT2D eigenvalue weighted by Crippen LogP contribution is -2.24. The molecule has 0 fully saturated rings. The number of hydrogen-bond acceptors (Lipinski definition) is 6. The van der Waals surface area contributed by atoms with Gasteiger partial charge in [-0.2, -0.15) is 9.78 Å². The zero-order chi connectivity index (χ0) is 19.4. The minimum absolute atomic E-state index is 0.00303. The molecular formula is C19H15BrN4O2S2. The van der Waals surface area contributed by atoms with Crippen molar-refractivity contribution < 1.29 is 9.53 Å². The van der Waals surface area contributed by atoms with Crippen LogP contribution in [0.1, 0.15) is 28.5 Å². The number of carbonyl (C=O) groups is 1. The molecule has 4 heterocycles. The molecule has 0 saturated heterocycles. The zero-order valence-electron chi connectivity index (χ0n) is 15.0. The van der Waals surface area contributed by atoms with Gasteiger partial charge in [0.25, 0.3) is 0 Å². The number of rotatable bonds is 3. The van der Waals surface area contributed by atoms with Gasteiger partial charge in [-0.25, -0.2) is 4.98 Å². The summed E-state index contributed by atoms with van der Waals surface area (Å²) in [5.41, 5.74) is 2.84. The highest BCUT2D eigenvalue weighted by atomic mass is 79.9. The van der Waals surface area contributed by atoms with E-state index in [0.29, 0.717) is 12.2 Å². The van der Waals surface area contributed by atoms with Gasteiger partial charge in [0.15, 0.2) is 0 Å². The Morgan fingerprint density at radius 1 is 1.29 bits per heavy atom. The van der Waals surface area contributed by atoms with Gasteiger partial charge in [-0.3, -0.25) is 4.79 Å². The van der Waals surface area contributed by atoms with Gasteiger partial charge in [0.2, 0.25) is 11.0 Å². The lowest BCUT2D eigenvalue weighted by atomic mass is 9.91. The van der Waals surface area contributed by atoms with Crippen molar-refractivity contribution in [1.82, 2.24) is 14.8 Å².